The average Bonchev–Trinajstić information content (AvgIpc) is 1.66. The lowest BCUT2D eigenvalue weighted by atomic mass is 9.99. The SMILES string of the molecule is Cc1nc(C(F)(F)F)c(C(=O)Nc2cn[nH]c2-c2nc3ccc(CN4CCOCC4)cc3[nH]2)o1.O=C(Nc1cn[nH]c1-c1nc2ccc(CN3CCOCC3)cc2[nH]1)c1ccccc1-c1ccccc1.O=C(Nc1cn[nH]c1-c1nc2ccc(CN3CCOCC3)cc2[nH]1)c1ccccc1NCc1ccccc1.O=C(Nc1cn[nH]c1-c1nc2ccc(CN3CCOCC3)cc2[nH]1)c1ncccc1Nc1ccccc1. The molecular formula is C105H101F3N28O9. The van der Waals surface area contributed by atoms with Crippen LogP contribution in [0.15, 0.2) is 260 Å². The van der Waals surface area contributed by atoms with Crippen LogP contribution in [0, 0.1) is 6.92 Å². The van der Waals surface area contributed by atoms with Gasteiger partial charge in [-0.15, -0.1) is 0 Å². The summed E-state index contributed by atoms with van der Waals surface area (Å²) in [7, 11) is 0. The van der Waals surface area contributed by atoms with E-state index in [4.69, 9.17) is 38.3 Å². The summed E-state index contributed by atoms with van der Waals surface area (Å²) in [5, 5.41) is 46.0. The van der Waals surface area contributed by atoms with E-state index >= 15 is 0 Å². The van der Waals surface area contributed by atoms with Gasteiger partial charge in [0.15, 0.2) is 40.6 Å². The topological polar surface area (TPSA) is 459 Å². The van der Waals surface area contributed by atoms with Crippen molar-refractivity contribution in [2.75, 3.05) is 137 Å². The molecular weight excluding hydrogens is 1850 g/mol. The molecule has 14 heterocycles. The molecule has 23 rings (SSSR count). The number of benzene rings is 9. The number of fused-ring (bicyclic) bond motifs is 4. The number of morpholine rings is 4. The number of aryl methyl sites for hydroxylation is 1. The average molecular weight is 1960 g/mol. The van der Waals surface area contributed by atoms with Crippen molar-refractivity contribution in [1.29, 1.82) is 0 Å². The van der Waals surface area contributed by atoms with Crippen LogP contribution in [0.4, 0.5) is 53.0 Å². The lowest BCUT2D eigenvalue weighted by molar-refractivity contribution is -0.141. The molecule has 0 aliphatic carbocycles. The van der Waals surface area contributed by atoms with E-state index in [0.717, 1.165) is 190 Å². The van der Waals surface area contributed by atoms with Crippen LogP contribution in [0.25, 0.3) is 101 Å². The van der Waals surface area contributed by atoms with E-state index in [-0.39, 0.29) is 35.0 Å². The number of H-pyrrole nitrogens is 8. The number of oxazole rings is 1. The fourth-order valence-corrected chi connectivity index (χ4v) is 17.5. The Morgan fingerprint density at radius 2 is 0.724 bits per heavy atom. The van der Waals surface area contributed by atoms with Crippen molar-refractivity contribution in [2.45, 2.75) is 45.8 Å². The molecule has 0 saturated carbocycles. The zero-order valence-corrected chi connectivity index (χ0v) is 78.7. The molecule has 14 N–H and O–H groups in total. The summed E-state index contributed by atoms with van der Waals surface area (Å²) in [6.07, 6.45) is 2.81. The Kier molecular flexibility index (Phi) is 29.3. The molecule has 0 atom stereocenters. The van der Waals surface area contributed by atoms with Crippen molar-refractivity contribution >= 4 is 108 Å². The van der Waals surface area contributed by atoms with Gasteiger partial charge in [-0.05, 0) is 130 Å². The van der Waals surface area contributed by atoms with Gasteiger partial charge >= 0.3 is 6.18 Å². The second-order valence-electron chi connectivity index (χ2n) is 34.8. The molecule has 0 spiro atoms. The van der Waals surface area contributed by atoms with Gasteiger partial charge in [0.05, 0.1) is 156 Å². The molecule has 0 unspecified atom stereocenters. The van der Waals surface area contributed by atoms with Crippen LogP contribution >= 0.6 is 0 Å². The maximum atomic E-state index is 13.3. The summed E-state index contributed by atoms with van der Waals surface area (Å²) in [5.41, 5.74) is 20.7. The van der Waals surface area contributed by atoms with Gasteiger partial charge in [-0.25, -0.2) is 29.9 Å². The fourth-order valence-electron chi connectivity index (χ4n) is 17.5. The number of nitrogens with zero attached hydrogens (tertiary/aromatic N) is 14. The van der Waals surface area contributed by atoms with Crippen molar-refractivity contribution in [3.63, 3.8) is 0 Å². The zero-order valence-electron chi connectivity index (χ0n) is 78.7. The van der Waals surface area contributed by atoms with Crippen molar-refractivity contribution in [2.24, 2.45) is 0 Å². The number of pyridine rings is 1. The summed E-state index contributed by atoms with van der Waals surface area (Å²) in [5.74, 6) is -0.876. The first-order valence-electron chi connectivity index (χ1n) is 47.4. The molecule has 4 fully saturated rings. The molecule has 0 radical (unpaired) electrons. The Morgan fingerprint density at radius 1 is 0.366 bits per heavy atom. The first kappa shape index (κ1) is 95.5. The summed E-state index contributed by atoms with van der Waals surface area (Å²) in [6.45, 7) is 18.7. The van der Waals surface area contributed by atoms with E-state index in [9.17, 15) is 32.3 Å². The Morgan fingerprint density at radius 3 is 1.14 bits per heavy atom. The van der Waals surface area contributed by atoms with E-state index in [0.29, 0.717) is 105 Å². The molecule has 9 aromatic carbocycles. The second kappa shape index (κ2) is 44.4. The second-order valence-corrected chi connectivity index (χ2v) is 34.8. The van der Waals surface area contributed by atoms with E-state index in [1.165, 1.54) is 29.8 Å². The molecule has 4 saturated heterocycles. The Bertz CT molecular complexity index is 7700. The third-order valence-electron chi connectivity index (χ3n) is 24.8. The highest BCUT2D eigenvalue weighted by molar-refractivity contribution is 6.12. The number of para-hydroxylation sites is 2. The van der Waals surface area contributed by atoms with Gasteiger partial charge in [0, 0.05) is 115 Å². The van der Waals surface area contributed by atoms with Crippen LogP contribution in [-0.4, -0.2) is 239 Å². The monoisotopic (exact) mass is 1950 g/mol. The number of aromatic nitrogens is 18. The van der Waals surface area contributed by atoms with E-state index < -0.39 is 23.5 Å². The summed E-state index contributed by atoms with van der Waals surface area (Å²) in [6, 6.07) is 72.9. The molecule has 4 amide bonds. The number of carbonyl (C=O) groups excluding carboxylic acids is 4. The number of hydrogen-bond donors (Lipinski definition) is 14. The molecule has 0 bridgehead atoms. The first-order chi connectivity index (χ1) is 71.0. The van der Waals surface area contributed by atoms with Crippen LogP contribution in [-0.2, 0) is 57.8 Å². The number of aromatic amines is 8. The van der Waals surface area contributed by atoms with Crippen LogP contribution in [0.1, 0.15) is 81.2 Å². The van der Waals surface area contributed by atoms with Gasteiger partial charge in [-0.1, -0.05) is 133 Å². The Labute approximate surface area is 826 Å². The minimum atomic E-state index is -4.83. The number of ether oxygens (including phenoxy) is 4. The maximum absolute atomic E-state index is 13.3. The van der Waals surface area contributed by atoms with E-state index in [1.54, 1.807) is 36.9 Å². The van der Waals surface area contributed by atoms with Crippen molar-refractivity contribution in [3.05, 3.63) is 317 Å². The van der Waals surface area contributed by atoms with Gasteiger partial charge in [-0.3, -0.25) is 59.2 Å². The van der Waals surface area contributed by atoms with Crippen molar-refractivity contribution < 1.29 is 55.7 Å². The lowest BCUT2D eigenvalue weighted by Crippen LogP contribution is -2.35. The number of hydrogen-bond acceptors (Lipinski definition) is 25. The molecule has 10 aromatic heterocycles. The normalized spacial score (nSPS) is 14.3. The molecule has 37 nitrogen and oxygen atoms in total. The summed E-state index contributed by atoms with van der Waals surface area (Å²) >= 11 is 0. The number of amides is 4. The lowest BCUT2D eigenvalue weighted by Gasteiger charge is -2.26. The third-order valence-corrected chi connectivity index (χ3v) is 24.8. The molecule has 40 heteroatoms. The molecule has 4 aliphatic rings. The zero-order chi connectivity index (χ0) is 99.0. The van der Waals surface area contributed by atoms with Gasteiger partial charge in [-0.2, -0.15) is 33.6 Å². The smallest absolute Gasteiger partial charge is 0.435 e. The number of anilines is 7. The van der Waals surface area contributed by atoms with Crippen LogP contribution < -0.4 is 31.9 Å². The van der Waals surface area contributed by atoms with E-state index in [1.807, 2.05) is 176 Å². The van der Waals surface area contributed by atoms with Crippen molar-refractivity contribution in [3.8, 4) is 57.2 Å². The molecule has 4 aliphatic heterocycles. The summed E-state index contributed by atoms with van der Waals surface area (Å²) < 4.78 is 66.2. The number of alkyl halides is 3. The number of imidazole rings is 4. The largest absolute Gasteiger partial charge is 0.437 e. The van der Waals surface area contributed by atoms with Crippen LogP contribution in [0.2, 0.25) is 0 Å². The minimum Gasteiger partial charge on any atom is -0.435 e. The van der Waals surface area contributed by atoms with Gasteiger partial charge < -0.3 is 75.2 Å². The highest BCUT2D eigenvalue weighted by Gasteiger charge is 2.41. The third kappa shape index (κ3) is 23.4. The highest BCUT2D eigenvalue weighted by Crippen LogP contribution is 2.37. The number of nitrogens with one attached hydrogen (secondary N) is 14. The first-order valence-corrected chi connectivity index (χ1v) is 47.4. The van der Waals surface area contributed by atoms with Crippen LogP contribution in [0.5, 0.6) is 0 Å². The van der Waals surface area contributed by atoms with Crippen molar-refractivity contribution in [1.82, 2.24) is 110 Å². The maximum Gasteiger partial charge on any atom is 0.437 e. The standard InChI is InChI=1S/C29H29N7O2.C28H26N6O2.C27H26N8O2.C21H20F3N7O3/c37-29(22-8-4-5-9-23(22)30-17-20-6-2-1-3-7-20)34-26-18-31-35-27(26)28-32-24-11-10-21(16-25(24)33-28)19-36-12-14-38-15-13-36;35-28(22-9-5-4-8-21(22)20-6-2-1-3-7-20)32-25-17-29-33-26(25)27-30-23-11-10-19(16-24(23)31-27)18-34-12-14-36-15-13-34;36-27(25-21(7-4-10-28-25)30-19-5-2-1-3-6-19)33-23-16-29-34-24(23)26-31-20-9-8-18(15-22(20)32-26)17-35-11-13-37-14-12-35;1-11-26-18(21(22,23)24)17(34-11)20(32)29-15-9-25-30-16(15)19-27-13-3-2-12(8-14(13)28-19)10-31-4-6-33-7-5-31/h1-11,16,18,30H,12-15,17,19H2,(H,31,35)(H,32,33)(H,34,37);1-11,16-17H,12-15,18H2,(H,29,33)(H,30,31)(H,32,35);1-10,15-16,30H,11-14,17H2,(H,29,34)(H,31,32)(H,33,36);2-3,8-9H,4-7,10H2,1H3,(H,25,30)(H,27,28)(H,29,32). The number of rotatable bonds is 26. The Balaban J connectivity index is 0.000000118. The summed E-state index contributed by atoms with van der Waals surface area (Å²) in [4.78, 5) is 101. The molecule has 145 heavy (non-hydrogen) atoms. The predicted octanol–water partition coefficient (Wildman–Crippen LogP) is 16.9. The quantitative estimate of drug-likeness (QED) is 0.0239. The fraction of sp³-hybridized carbons (Fsp3) is 0.219. The highest BCUT2D eigenvalue weighted by atomic mass is 19.4. The molecule has 19 aromatic rings. The predicted molar refractivity (Wildman–Crippen MR) is 543 cm³/mol. The Hall–Kier alpha value is -17.0. The molecule has 736 valence electrons. The van der Waals surface area contributed by atoms with Gasteiger partial charge in [0.25, 0.3) is 23.6 Å². The van der Waals surface area contributed by atoms with E-state index in [2.05, 4.69) is 164 Å². The minimum absolute atomic E-state index is 0.139. The van der Waals surface area contributed by atoms with Crippen LogP contribution in [0.3, 0.4) is 0 Å². The number of carbonyl (C=O) groups is 4. The number of halogens is 3. The van der Waals surface area contributed by atoms with Gasteiger partial charge in [0.1, 0.15) is 22.8 Å². The van der Waals surface area contributed by atoms with Gasteiger partial charge in [0.2, 0.25) is 5.76 Å².